The average Bonchev–Trinajstić information content (AvgIpc) is 3.05. The Hall–Kier alpha value is -1.70. The molecule has 3 aliphatic rings. The van der Waals surface area contributed by atoms with Crippen molar-refractivity contribution < 1.29 is 9.32 Å². The van der Waals surface area contributed by atoms with E-state index in [9.17, 15) is 4.79 Å². The molecule has 2 heterocycles. The molecule has 1 spiro atoms. The fraction of sp³-hybridized carbons (Fsp3) is 0.409. The van der Waals surface area contributed by atoms with Crippen LogP contribution in [0.4, 0.5) is 0 Å². The summed E-state index contributed by atoms with van der Waals surface area (Å²) in [4.78, 5) is 13.1. The van der Waals surface area contributed by atoms with E-state index in [1.807, 2.05) is 18.2 Å². The third-order valence-corrected chi connectivity index (χ3v) is 13.7. The molecule has 1 saturated carbocycles. The van der Waals surface area contributed by atoms with Gasteiger partial charge in [0, 0.05) is 0 Å². The van der Waals surface area contributed by atoms with Crippen LogP contribution in [0.2, 0.25) is 0 Å². The second-order valence-electron chi connectivity index (χ2n) is 8.52. The van der Waals surface area contributed by atoms with E-state index in [1.54, 1.807) is 0 Å². The van der Waals surface area contributed by atoms with E-state index in [-0.39, 0.29) is 17.2 Å². The van der Waals surface area contributed by atoms with Crippen molar-refractivity contribution in [1.29, 1.82) is 0 Å². The van der Waals surface area contributed by atoms with Gasteiger partial charge in [0.25, 0.3) is 0 Å². The predicted octanol–water partition coefficient (Wildman–Crippen LogP) is 4.13. The van der Waals surface area contributed by atoms with Crippen molar-refractivity contribution >= 4 is 23.5 Å². The zero-order valence-electron chi connectivity index (χ0n) is 15.4. The molecule has 1 amide bonds. The van der Waals surface area contributed by atoms with Gasteiger partial charge in [0.2, 0.25) is 0 Å². The molecule has 0 aromatic heterocycles. The number of amides is 1. The minimum atomic E-state index is -3.35. The van der Waals surface area contributed by atoms with Crippen molar-refractivity contribution in [2.24, 2.45) is 5.92 Å². The Morgan fingerprint density at radius 2 is 1.69 bits per heavy atom. The van der Waals surface area contributed by atoms with Crippen molar-refractivity contribution in [2.75, 3.05) is 0 Å². The summed E-state index contributed by atoms with van der Waals surface area (Å²) in [7, 11) is 0. The second kappa shape index (κ2) is 5.18. The molecule has 2 aromatic rings. The van der Waals surface area contributed by atoms with Crippen LogP contribution >= 0.6 is 6.98 Å². The van der Waals surface area contributed by atoms with Gasteiger partial charge in [0.15, 0.2) is 0 Å². The van der Waals surface area contributed by atoms with Crippen LogP contribution < -0.4 is 15.7 Å². The summed E-state index contributed by atoms with van der Waals surface area (Å²) >= 11 is 0. The molecule has 2 aliphatic heterocycles. The molecule has 3 nitrogen and oxygen atoms in total. The number of hydrogen-bond donors (Lipinski definition) is 1. The van der Waals surface area contributed by atoms with Crippen LogP contribution in [0.25, 0.3) is 0 Å². The monoisotopic (exact) mass is 367 g/mol. The number of benzene rings is 2. The maximum absolute atomic E-state index is 13.1. The van der Waals surface area contributed by atoms with Crippen LogP contribution in [0.15, 0.2) is 54.6 Å². The van der Waals surface area contributed by atoms with Gasteiger partial charge in [-0.2, -0.15) is 0 Å². The molecule has 2 fully saturated rings. The van der Waals surface area contributed by atoms with Crippen LogP contribution in [0.1, 0.15) is 49.9 Å². The van der Waals surface area contributed by atoms with Gasteiger partial charge in [0.05, 0.1) is 0 Å². The molecule has 2 aromatic carbocycles. The molecule has 1 saturated heterocycles. The Labute approximate surface area is 155 Å². The first-order valence-corrected chi connectivity index (χ1v) is 11.8. The fourth-order valence-corrected chi connectivity index (χ4v) is 12.6. The van der Waals surface area contributed by atoms with E-state index < -0.39 is 6.98 Å². The molecule has 0 unspecified atom stereocenters. The molecule has 136 valence electrons. The number of hydrogen-bond acceptors (Lipinski definition) is 2. The van der Waals surface area contributed by atoms with E-state index in [1.165, 1.54) is 19.3 Å². The van der Waals surface area contributed by atoms with Gasteiger partial charge < -0.3 is 0 Å². The van der Waals surface area contributed by atoms with Gasteiger partial charge in [-0.25, -0.2) is 0 Å². The zero-order valence-corrected chi connectivity index (χ0v) is 16.3. The van der Waals surface area contributed by atoms with E-state index in [0.29, 0.717) is 5.92 Å². The molecule has 5 rings (SSSR count). The molecule has 0 radical (unpaired) electrons. The standard InChI is InChI=1S/C22H26NO2P/c1-22(2)18-13-7-8-14-19(18)25-26(22,16-10-4-3-5-11-16)20-15-9-6-12-17(20)21(24)23-26/h3-6,9-12,15,18-19H,7-8,13-14H2,1-2H3,(H,23,24)/t18-,19-/m1/s1. The quantitative estimate of drug-likeness (QED) is 0.770. The Balaban J connectivity index is 1.90. The zero-order chi connectivity index (χ0) is 18.0. The van der Waals surface area contributed by atoms with Gasteiger partial charge in [-0.3, -0.25) is 0 Å². The molecule has 2 atom stereocenters. The Kier molecular flexibility index (Phi) is 3.28. The number of carbonyl (C=O) groups excluding carboxylic acids is 1. The molecule has 0 bridgehead atoms. The van der Waals surface area contributed by atoms with Crippen LogP contribution in [0.5, 0.6) is 0 Å². The summed E-state index contributed by atoms with van der Waals surface area (Å²) < 4.78 is 7.20. The van der Waals surface area contributed by atoms with E-state index in [4.69, 9.17) is 4.52 Å². The minimum absolute atomic E-state index is 0.0221. The third kappa shape index (κ3) is 1.65. The first-order chi connectivity index (χ1) is 12.5. The van der Waals surface area contributed by atoms with Crippen LogP contribution in [0.3, 0.4) is 0 Å². The second-order valence-corrected chi connectivity index (χ2v) is 13.2. The van der Waals surface area contributed by atoms with Crippen molar-refractivity contribution in [3.63, 3.8) is 0 Å². The first-order valence-electron chi connectivity index (χ1n) is 9.69. The normalized spacial score (nSPS) is 31.5. The van der Waals surface area contributed by atoms with Gasteiger partial charge in [0.1, 0.15) is 0 Å². The fourth-order valence-electron chi connectivity index (χ4n) is 5.95. The van der Waals surface area contributed by atoms with Crippen molar-refractivity contribution in [1.82, 2.24) is 5.09 Å². The summed E-state index contributed by atoms with van der Waals surface area (Å²) in [6.07, 6.45) is 4.97. The topological polar surface area (TPSA) is 38.3 Å². The Morgan fingerprint density at radius 1 is 1.00 bits per heavy atom. The number of fused-ring (bicyclic) bond motifs is 3. The summed E-state index contributed by atoms with van der Waals surface area (Å²) in [6, 6.07) is 18.6. The van der Waals surface area contributed by atoms with Crippen LogP contribution in [-0.4, -0.2) is 17.2 Å². The van der Waals surface area contributed by atoms with Crippen LogP contribution in [-0.2, 0) is 4.52 Å². The Morgan fingerprint density at radius 3 is 2.46 bits per heavy atom. The predicted molar refractivity (Wildman–Crippen MR) is 107 cm³/mol. The van der Waals surface area contributed by atoms with Gasteiger partial charge >= 0.3 is 155 Å². The summed E-state index contributed by atoms with van der Waals surface area (Å²) in [6.45, 7) is 1.34. The van der Waals surface area contributed by atoms with Crippen molar-refractivity contribution in [2.45, 2.75) is 50.8 Å². The van der Waals surface area contributed by atoms with Gasteiger partial charge in [-0.15, -0.1) is 0 Å². The molecule has 4 heteroatoms. The van der Waals surface area contributed by atoms with Crippen molar-refractivity contribution in [3.05, 3.63) is 60.2 Å². The summed E-state index contributed by atoms with van der Waals surface area (Å²) in [5, 5.41) is 5.67. The third-order valence-electron chi connectivity index (χ3n) is 7.23. The molecule has 1 aliphatic carbocycles. The SMILES string of the molecule is CC1(C)[C@@H]2CCCC[C@H]2OP12(c1ccccc1)NC(=O)c1ccccc12. The van der Waals surface area contributed by atoms with E-state index >= 15 is 0 Å². The van der Waals surface area contributed by atoms with Gasteiger partial charge in [-0.05, 0) is 0 Å². The molecule has 26 heavy (non-hydrogen) atoms. The Bertz CT molecular complexity index is 896. The van der Waals surface area contributed by atoms with Gasteiger partial charge in [-0.1, -0.05) is 0 Å². The summed E-state index contributed by atoms with van der Waals surface area (Å²) in [5.41, 5.74) is 0.792. The molecule has 1 N–H and O–H groups in total. The number of rotatable bonds is 1. The number of nitrogens with one attached hydrogen (secondary N) is 1. The van der Waals surface area contributed by atoms with E-state index in [0.717, 1.165) is 22.6 Å². The van der Waals surface area contributed by atoms with E-state index in [2.05, 4.69) is 55.3 Å². The van der Waals surface area contributed by atoms with Crippen LogP contribution in [0, 0.1) is 5.92 Å². The average molecular weight is 367 g/mol. The first kappa shape index (κ1) is 16.5. The van der Waals surface area contributed by atoms with Crippen molar-refractivity contribution in [3.8, 4) is 0 Å². The summed E-state index contributed by atoms with van der Waals surface area (Å²) in [5.74, 6) is 0.495. The molecular formula is C22H26NO2P. The molecular weight excluding hydrogens is 341 g/mol. The number of carbonyl (C=O) groups is 1. The maximum atomic E-state index is 13.1.